The fourth-order valence-corrected chi connectivity index (χ4v) is 3.43. The van der Waals surface area contributed by atoms with Crippen molar-refractivity contribution in [3.63, 3.8) is 0 Å². The maximum absolute atomic E-state index is 8.74. The first-order valence-corrected chi connectivity index (χ1v) is 9.57. The van der Waals surface area contributed by atoms with Crippen LogP contribution >= 0.6 is 0 Å². The van der Waals surface area contributed by atoms with Crippen molar-refractivity contribution in [2.24, 2.45) is 0 Å². The molecule has 0 amide bonds. The number of imidazole rings is 1. The number of morpholine rings is 1. The number of nitrogens with zero attached hydrogens (tertiary/aromatic N) is 7. The number of allylic oxidation sites excluding steroid dienone is 1. The summed E-state index contributed by atoms with van der Waals surface area (Å²) in [7, 11) is 0. The molecule has 0 radical (unpaired) electrons. The van der Waals surface area contributed by atoms with Crippen molar-refractivity contribution in [1.82, 2.24) is 29.5 Å². The molecule has 1 fully saturated rings. The standard InChI is InChI=1S/C21H18N8O/c22-7-2-3-15-13-29(14-24-15)21-26-19(17-4-1-5-18-16(17)6-8-23-18)25-20(27-21)28-9-11-30-12-10-28/h1-6,8,13-14,23H,9-12H2/b3-2+. The van der Waals surface area contributed by atoms with E-state index in [0.717, 1.165) is 29.6 Å². The zero-order chi connectivity index (χ0) is 20.3. The fourth-order valence-electron chi connectivity index (χ4n) is 3.43. The summed E-state index contributed by atoms with van der Waals surface area (Å²) in [5.74, 6) is 1.67. The van der Waals surface area contributed by atoms with Gasteiger partial charge in [-0.25, -0.2) is 4.98 Å². The highest BCUT2D eigenvalue weighted by Crippen LogP contribution is 2.27. The van der Waals surface area contributed by atoms with Gasteiger partial charge in [0, 0.05) is 48.0 Å². The Labute approximate surface area is 172 Å². The molecular formula is C21H18N8O. The molecule has 0 aliphatic carbocycles. The van der Waals surface area contributed by atoms with Gasteiger partial charge in [0.25, 0.3) is 0 Å². The molecular weight excluding hydrogens is 380 g/mol. The van der Waals surface area contributed by atoms with Crippen LogP contribution in [-0.2, 0) is 4.74 Å². The average molecular weight is 398 g/mol. The molecule has 1 saturated heterocycles. The molecule has 9 nitrogen and oxygen atoms in total. The molecule has 5 rings (SSSR count). The lowest BCUT2D eigenvalue weighted by molar-refractivity contribution is 0.122. The Morgan fingerprint density at radius 2 is 1.97 bits per heavy atom. The van der Waals surface area contributed by atoms with Crippen LogP contribution in [0.3, 0.4) is 0 Å². The number of rotatable bonds is 4. The average Bonchev–Trinajstić information content (AvgIpc) is 3.47. The number of aromatic amines is 1. The molecule has 3 aromatic heterocycles. The first kappa shape index (κ1) is 18.0. The maximum Gasteiger partial charge on any atom is 0.240 e. The zero-order valence-corrected chi connectivity index (χ0v) is 16.1. The SMILES string of the molecule is N#C/C=C/c1cn(-c2nc(-c3cccc4[nH]ccc34)nc(N3CCOCC3)n2)cn1. The Morgan fingerprint density at radius 1 is 1.10 bits per heavy atom. The van der Waals surface area contributed by atoms with Gasteiger partial charge in [-0.3, -0.25) is 4.57 Å². The minimum atomic E-state index is 0.470. The van der Waals surface area contributed by atoms with E-state index in [0.29, 0.717) is 36.6 Å². The third-order valence-electron chi connectivity index (χ3n) is 4.90. The Morgan fingerprint density at radius 3 is 2.83 bits per heavy atom. The number of aromatic nitrogens is 6. The van der Waals surface area contributed by atoms with Crippen LogP contribution in [0, 0.1) is 11.3 Å². The van der Waals surface area contributed by atoms with Gasteiger partial charge in [0.05, 0.1) is 25.0 Å². The highest BCUT2D eigenvalue weighted by Gasteiger charge is 2.19. The molecule has 4 aromatic rings. The summed E-state index contributed by atoms with van der Waals surface area (Å²) in [6.45, 7) is 2.71. The summed E-state index contributed by atoms with van der Waals surface area (Å²) < 4.78 is 7.21. The molecule has 1 aromatic carbocycles. The number of hydrogen-bond acceptors (Lipinski definition) is 7. The Hall–Kier alpha value is -4.03. The topological polar surface area (TPSA) is 109 Å². The van der Waals surface area contributed by atoms with Crippen LogP contribution in [0.5, 0.6) is 0 Å². The highest BCUT2D eigenvalue weighted by atomic mass is 16.5. The predicted molar refractivity (Wildman–Crippen MR) is 112 cm³/mol. The van der Waals surface area contributed by atoms with Gasteiger partial charge in [-0.15, -0.1) is 0 Å². The fraction of sp³-hybridized carbons (Fsp3) is 0.190. The molecule has 0 atom stereocenters. The van der Waals surface area contributed by atoms with Crippen molar-refractivity contribution in [1.29, 1.82) is 5.26 Å². The molecule has 0 spiro atoms. The molecule has 148 valence electrons. The molecule has 1 N–H and O–H groups in total. The molecule has 9 heteroatoms. The van der Waals surface area contributed by atoms with Gasteiger partial charge < -0.3 is 14.6 Å². The van der Waals surface area contributed by atoms with E-state index < -0.39 is 0 Å². The Kier molecular flexibility index (Phi) is 4.67. The van der Waals surface area contributed by atoms with E-state index >= 15 is 0 Å². The molecule has 0 unspecified atom stereocenters. The summed E-state index contributed by atoms with van der Waals surface area (Å²) >= 11 is 0. The molecule has 0 saturated carbocycles. The van der Waals surface area contributed by atoms with Crippen molar-refractivity contribution in [2.75, 3.05) is 31.2 Å². The van der Waals surface area contributed by atoms with Crippen molar-refractivity contribution >= 4 is 22.9 Å². The van der Waals surface area contributed by atoms with E-state index in [9.17, 15) is 0 Å². The van der Waals surface area contributed by atoms with E-state index in [1.165, 1.54) is 6.08 Å². The number of nitrogens with one attached hydrogen (secondary N) is 1. The van der Waals surface area contributed by atoms with Crippen molar-refractivity contribution in [2.45, 2.75) is 0 Å². The number of ether oxygens (including phenoxy) is 1. The van der Waals surface area contributed by atoms with E-state index in [1.54, 1.807) is 23.2 Å². The molecule has 4 heterocycles. The van der Waals surface area contributed by atoms with Gasteiger partial charge in [0.1, 0.15) is 6.33 Å². The summed E-state index contributed by atoms with van der Waals surface area (Å²) in [5, 5.41) is 9.79. The quantitative estimate of drug-likeness (QED) is 0.526. The first-order valence-electron chi connectivity index (χ1n) is 9.57. The normalized spacial score (nSPS) is 14.4. The highest BCUT2D eigenvalue weighted by molar-refractivity contribution is 5.93. The van der Waals surface area contributed by atoms with Gasteiger partial charge in [-0.1, -0.05) is 12.1 Å². The number of anilines is 1. The lowest BCUT2D eigenvalue weighted by Gasteiger charge is -2.27. The Bertz CT molecular complexity index is 1260. The second-order valence-electron chi connectivity index (χ2n) is 6.77. The summed E-state index contributed by atoms with van der Waals surface area (Å²) in [5.41, 5.74) is 2.60. The maximum atomic E-state index is 8.74. The minimum Gasteiger partial charge on any atom is -0.378 e. The van der Waals surface area contributed by atoms with Gasteiger partial charge in [0.15, 0.2) is 5.82 Å². The second-order valence-corrected chi connectivity index (χ2v) is 6.77. The third-order valence-corrected chi connectivity index (χ3v) is 4.90. The van der Waals surface area contributed by atoms with Crippen LogP contribution in [0.15, 0.2) is 49.1 Å². The molecule has 0 bridgehead atoms. The minimum absolute atomic E-state index is 0.470. The summed E-state index contributed by atoms with van der Waals surface area (Å²) in [6.07, 6.45) is 8.35. The van der Waals surface area contributed by atoms with E-state index in [-0.39, 0.29) is 0 Å². The predicted octanol–water partition coefficient (Wildman–Crippen LogP) is 2.58. The molecule has 1 aliphatic rings. The number of H-pyrrole nitrogens is 1. The van der Waals surface area contributed by atoms with Crippen LogP contribution in [0.2, 0.25) is 0 Å². The number of benzene rings is 1. The van der Waals surface area contributed by atoms with E-state index in [2.05, 4.69) is 19.9 Å². The smallest absolute Gasteiger partial charge is 0.240 e. The van der Waals surface area contributed by atoms with Gasteiger partial charge in [-0.05, 0) is 18.2 Å². The van der Waals surface area contributed by atoms with Crippen LogP contribution in [0.4, 0.5) is 5.95 Å². The lowest BCUT2D eigenvalue weighted by Crippen LogP contribution is -2.37. The van der Waals surface area contributed by atoms with Crippen LogP contribution in [0.1, 0.15) is 5.69 Å². The first-order chi connectivity index (χ1) is 14.8. The summed E-state index contributed by atoms with van der Waals surface area (Å²) in [6, 6.07) is 10.00. The number of hydrogen-bond donors (Lipinski definition) is 1. The zero-order valence-electron chi connectivity index (χ0n) is 16.1. The van der Waals surface area contributed by atoms with Gasteiger partial charge in [0.2, 0.25) is 11.9 Å². The summed E-state index contributed by atoms with van der Waals surface area (Å²) in [4.78, 5) is 23.8. The third kappa shape index (κ3) is 3.40. The van der Waals surface area contributed by atoms with Crippen molar-refractivity contribution in [3.8, 4) is 23.4 Å². The Balaban J connectivity index is 1.64. The molecule has 30 heavy (non-hydrogen) atoms. The lowest BCUT2D eigenvalue weighted by atomic mass is 10.1. The van der Waals surface area contributed by atoms with E-state index in [4.69, 9.17) is 20.0 Å². The number of nitriles is 1. The van der Waals surface area contributed by atoms with Gasteiger partial charge >= 0.3 is 0 Å². The van der Waals surface area contributed by atoms with E-state index in [1.807, 2.05) is 36.5 Å². The van der Waals surface area contributed by atoms with Crippen LogP contribution < -0.4 is 4.90 Å². The van der Waals surface area contributed by atoms with Crippen molar-refractivity contribution < 1.29 is 4.74 Å². The molecule has 1 aliphatic heterocycles. The number of fused-ring (bicyclic) bond motifs is 1. The van der Waals surface area contributed by atoms with Gasteiger partial charge in [-0.2, -0.15) is 20.2 Å². The second kappa shape index (κ2) is 7.77. The van der Waals surface area contributed by atoms with Crippen molar-refractivity contribution in [3.05, 3.63) is 54.8 Å². The van der Waals surface area contributed by atoms with Crippen LogP contribution in [-0.4, -0.2) is 55.8 Å². The monoisotopic (exact) mass is 398 g/mol. The van der Waals surface area contributed by atoms with Crippen LogP contribution in [0.25, 0.3) is 34.3 Å². The largest absolute Gasteiger partial charge is 0.378 e.